The van der Waals surface area contributed by atoms with Gasteiger partial charge in [0.25, 0.3) is 5.91 Å². The lowest BCUT2D eigenvalue weighted by molar-refractivity contribution is 0.0299. The van der Waals surface area contributed by atoms with Crippen LogP contribution in [0.15, 0.2) is 42.6 Å². The second-order valence-electron chi connectivity index (χ2n) is 5.15. The molecule has 23 heavy (non-hydrogen) atoms. The van der Waals surface area contributed by atoms with E-state index < -0.39 is 0 Å². The van der Waals surface area contributed by atoms with Gasteiger partial charge in [-0.3, -0.25) is 4.79 Å². The average Bonchev–Trinajstić information content (AvgIpc) is 2.63. The number of benzene rings is 1. The molecular formula is C17H16N4O2. The molecule has 0 atom stereocenters. The summed E-state index contributed by atoms with van der Waals surface area (Å²) in [6.07, 6.45) is 1.62. The molecule has 1 amide bonds. The van der Waals surface area contributed by atoms with Gasteiger partial charge in [-0.1, -0.05) is 6.07 Å². The lowest BCUT2D eigenvalue weighted by Gasteiger charge is -2.26. The van der Waals surface area contributed by atoms with Crippen molar-refractivity contribution in [1.29, 1.82) is 5.26 Å². The van der Waals surface area contributed by atoms with Gasteiger partial charge in [-0.15, -0.1) is 0 Å². The highest BCUT2D eigenvalue weighted by Crippen LogP contribution is 2.17. The van der Waals surface area contributed by atoms with Gasteiger partial charge in [0.05, 0.1) is 36.7 Å². The molecule has 0 bridgehead atoms. The minimum absolute atomic E-state index is 0.0775. The van der Waals surface area contributed by atoms with E-state index in [9.17, 15) is 4.79 Å². The quantitative estimate of drug-likeness (QED) is 0.940. The monoisotopic (exact) mass is 308 g/mol. The summed E-state index contributed by atoms with van der Waals surface area (Å²) in [5, 5.41) is 12.1. The van der Waals surface area contributed by atoms with Crippen LogP contribution in [-0.4, -0.2) is 42.1 Å². The molecule has 1 aliphatic rings. The van der Waals surface area contributed by atoms with Gasteiger partial charge in [0.15, 0.2) is 0 Å². The first-order chi connectivity index (χ1) is 11.3. The van der Waals surface area contributed by atoms with E-state index in [1.807, 2.05) is 12.1 Å². The van der Waals surface area contributed by atoms with Crippen molar-refractivity contribution in [2.75, 3.05) is 31.6 Å². The van der Waals surface area contributed by atoms with Gasteiger partial charge in [-0.2, -0.15) is 5.26 Å². The largest absolute Gasteiger partial charge is 0.378 e. The molecule has 0 saturated carbocycles. The second kappa shape index (κ2) is 6.90. The first kappa shape index (κ1) is 15.0. The predicted octanol–water partition coefficient (Wildman–Crippen LogP) is 2.17. The normalized spacial score (nSPS) is 14.1. The van der Waals surface area contributed by atoms with Crippen molar-refractivity contribution < 1.29 is 9.53 Å². The highest BCUT2D eigenvalue weighted by atomic mass is 16.5. The molecule has 0 aliphatic carbocycles. The summed E-state index contributed by atoms with van der Waals surface area (Å²) in [6.45, 7) is 2.34. The zero-order valence-corrected chi connectivity index (χ0v) is 12.5. The smallest absolute Gasteiger partial charge is 0.272 e. The Labute approximate surface area is 134 Å². The van der Waals surface area contributed by atoms with Crippen molar-refractivity contribution in [2.24, 2.45) is 0 Å². The van der Waals surface area contributed by atoms with E-state index in [0.717, 1.165) is 11.4 Å². The van der Waals surface area contributed by atoms with Crippen LogP contribution in [0.1, 0.15) is 16.1 Å². The number of anilines is 2. The predicted molar refractivity (Wildman–Crippen MR) is 85.4 cm³/mol. The maximum Gasteiger partial charge on any atom is 0.272 e. The number of aromatic nitrogens is 1. The van der Waals surface area contributed by atoms with Gasteiger partial charge in [0, 0.05) is 18.8 Å². The molecule has 1 saturated heterocycles. The van der Waals surface area contributed by atoms with Crippen LogP contribution in [0.4, 0.5) is 11.4 Å². The summed E-state index contributed by atoms with van der Waals surface area (Å²) in [5.41, 5.74) is 2.57. The Kier molecular flexibility index (Phi) is 4.50. The Morgan fingerprint density at radius 3 is 2.74 bits per heavy atom. The molecule has 1 aliphatic heterocycles. The molecule has 0 radical (unpaired) electrons. The summed E-state index contributed by atoms with van der Waals surface area (Å²) in [6, 6.07) is 12.8. The maximum absolute atomic E-state index is 12.3. The molecule has 2 heterocycles. The van der Waals surface area contributed by atoms with E-state index in [4.69, 9.17) is 10.00 Å². The van der Waals surface area contributed by atoms with E-state index in [1.165, 1.54) is 0 Å². The molecule has 2 aromatic rings. The number of nitriles is 1. The van der Waals surface area contributed by atoms with Gasteiger partial charge >= 0.3 is 0 Å². The third-order valence-electron chi connectivity index (χ3n) is 3.56. The first-order valence-electron chi connectivity index (χ1n) is 7.36. The van der Waals surface area contributed by atoms with Crippen LogP contribution in [0.5, 0.6) is 0 Å². The Morgan fingerprint density at radius 2 is 2.04 bits per heavy atom. The van der Waals surface area contributed by atoms with Crippen LogP contribution in [0.2, 0.25) is 0 Å². The highest BCUT2D eigenvalue weighted by Gasteiger charge is 2.19. The molecule has 0 unspecified atom stereocenters. The Morgan fingerprint density at radius 1 is 1.22 bits per heavy atom. The van der Waals surface area contributed by atoms with Crippen molar-refractivity contribution in [3.63, 3.8) is 0 Å². The molecule has 1 aromatic heterocycles. The first-order valence-corrected chi connectivity index (χ1v) is 7.36. The summed E-state index contributed by atoms with van der Waals surface area (Å²) in [4.78, 5) is 18.3. The number of carbonyl (C=O) groups is 1. The number of morpholine rings is 1. The fourth-order valence-electron chi connectivity index (χ4n) is 2.36. The van der Waals surface area contributed by atoms with Gasteiger partial charge in [-0.25, -0.2) is 4.98 Å². The second-order valence-corrected chi connectivity index (χ2v) is 5.15. The number of pyridine rings is 1. The molecule has 1 N–H and O–H groups in total. The van der Waals surface area contributed by atoms with Gasteiger partial charge in [0.1, 0.15) is 5.69 Å². The number of nitrogens with zero attached hydrogens (tertiary/aromatic N) is 3. The number of amides is 1. The maximum atomic E-state index is 12.3. The van der Waals surface area contributed by atoms with Crippen LogP contribution in [0, 0.1) is 11.3 Å². The van der Waals surface area contributed by atoms with Crippen molar-refractivity contribution in [1.82, 2.24) is 9.88 Å². The third kappa shape index (κ3) is 3.65. The van der Waals surface area contributed by atoms with Gasteiger partial charge in [-0.05, 0) is 30.3 Å². The van der Waals surface area contributed by atoms with Crippen molar-refractivity contribution in [3.05, 3.63) is 53.9 Å². The van der Waals surface area contributed by atoms with Crippen molar-refractivity contribution in [3.8, 4) is 6.07 Å². The molecule has 0 spiro atoms. The summed E-state index contributed by atoms with van der Waals surface area (Å²) >= 11 is 0. The molecule has 1 fully saturated rings. The van der Waals surface area contributed by atoms with Gasteiger partial charge < -0.3 is 15.0 Å². The van der Waals surface area contributed by atoms with Crippen molar-refractivity contribution >= 4 is 17.3 Å². The van der Waals surface area contributed by atoms with Crippen LogP contribution in [0.3, 0.4) is 0 Å². The Hall–Kier alpha value is -2.91. The van der Waals surface area contributed by atoms with E-state index in [0.29, 0.717) is 37.6 Å². The number of rotatable bonds is 3. The third-order valence-corrected chi connectivity index (χ3v) is 3.56. The number of carbonyl (C=O) groups excluding carboxylic acids is 1. The minimum Gasteiger partial charge on any atom is -0.378 e. The highest BCUT2D eigenvalue weighted by molar-refractivity contribution is 5.92. The lowest BCUT2D eigenvalue weighted by Crippen LogP contribution is -2.41. The van der Waals surface area contributed by atoms with Crippen LogP contribution >= 0.6 is 0 Å². The van der Waals surface area contributed by atoms with E-state index >= 15 is 0 Å². The van der Waals surface area contributed by atoms with Gasteiger partial charge in [0.2, 0.25) is 0 Å². The Balaban J connectivity index is 1.69. The molecule has 3 rings (SSSR count). The average molecular weight is 308 g/mol. The molecule has 6 nitrogen and oxygen atoms in total. The summed E-state index contributed by atoms with van der Waals surface area (Å²) in [7, 11) is 0. The SMILES string of the molecule is N#Cc1cccc(Nc2ccc(C(=O)N3CCOCC3)nc2)c1. The van der Waals surface area contributed by atoms with E-state index in [2.05, 4.69) is 16.4 Å². The molecule has 116 valence electrons. The number of nitrogens with one attached hydrogen (secondary N) is 1. The molecule has 1 aromatic carbocycles. The fourth-order valence-corrected chi connectivity index (χ4v) is 2.36. The fraction of sp³-hybridized carbons (Fsp3) is 0.235. The van der Waals surface area contributed by atoms with Crippen LogP contribution < -0.4 is 5.32 Å². The van der Waals surface area contributed by atoms with E-state index in [-0.39, 0.29) is 5.91 Å². The molecular weight excluding hydrogens is 292 g/mol. The Bertz CT molecular complexity index is 731. The number of hydrogen-bond acceptors (Lipinski definition) is 5. The van der Waals surface area contributed by atoms with Crippen molar-refractivity contribution in [2.45, 2.75) is 0 Å². The topological polar surface area (TPSA) is 78.2 Å². The standard InChI is InChI=1S/C17H16N4O2/c18-11-13-2-1-3-14(10-13)20-15-4-5-16(19-12-15)17(22)21-6-8-23-9-7-21/h1-5,10,12,20H,6-9H2. The number of hydrogen-bond donors (Lipinski definition) is 1. The minimum atomic E-state index is -0.0775. The summed E-state index contributed by atoms with van der Waals surface area (Å²) < 4.78 is 5.24. The zero-order chi connectivity index (χ0) is 16.1. The van der Waals surface area contributed by atoms with Crippen LogP contribution in [-0.2, 0) is 4.74 Å². The van der Waals surface area contributed by atoms with Crippen LogP contribution in [0.25, 0.3) is 0 Å². The molecule has 6 heteroatoms. The number of ether oxygens (including phenoxy) is 1. The van der Waals surface area contributed by atoms with E-state index in [1.54, 1.807) is 35.4 Å². The zero-order valence-electron chi connectivity index (χ0n) is 12.5. The lowest BCUT2D eigenvalue weighted by atomic mass is 10.2. The summed E-state index contributed by atoms with van der Waals surface area (Å²) in [5.74, 6) is -0.0775.